The van der Waals surface area contributed by atoms with E-state index >= 15 is 0 Å². The van der Waals surface area contributed by atoms with Crippen LogP contribution in [0.1, 0.15) is 65.2 Å². The molecule has 0 aromatic carbocycles. The van der Waals surface area contributed by atoms with E-state index in [0.717, 1.165) is 31.6 Å². The summed E-state index contributed by atoms with van der Waals surface area (Å²) >= 11 is 0. The van der Waals surface area contributed by atoms with Gasteiger partial charge in [-0.3, -0.25) is 5.57 Å². The quantitative estimate of drug-likeness (QED) is 0.390. The third kappa shape index (κ3) is 3.69. The third-order valence-corrected chi connectivity index (χ3v) is 6.71. The van der Waals surface area contributed by atoms with Crippen LogP contribution in [-0.4, -0.2) is 12.1 Å². The number of carbonyl (C=O) groups is 1. The molecule has 1 radical (unpaired) electrons. The maximum atomic E-state index is 11.4. The second-order valence-corrected chi connectivity index (χ2v) is 8.06. The van der Waals surface area contributed by atoms with Crippen molar-refractivity contribution in [3.63, 3.8) is 0 Å². The Labute approximate surface area is 166 Å². The molecule has 2 saturated carbocycles. The van der Waals surface area contributed by atoms with Crippen molar-refractivity contribution in [2.45, 2.75) is 71.3 Å². The zero-order chi connectivity index (χ0) is 15.9. The van der Waals surface area contributed by atoms with E-state index in [9.17, 15) is 4.79 Å². The molecule has 0 N–H and O–H groups in total. The van der Waals surface area contributed by atoms with Crippen molar-refractivity contribution in [3.05, 3.63) is 24.3 Å². The van der Waals surface area contributed by atoms with E-state index in [1.165, 1.54) is 31.3 Å². The molecule has 2 aliphatic carbocycles. The molecule has 1 saturated heterocycles. The van der Waals surface area contributed by atoms with Gasteiger partial charge in [0.25, 0.3) is 0 Å². The number of carbonyl (C=O) groups excluding carboxylic acids is 1. The Balaban J connectivity index is 0.00000192. The number of cyclic esters (lactones) is 1. The molecule has 3 aliphatic rings. The van der Waals surface area contributed by atoms with Crippen LogP contribution < -0.4 is 0 Å². The van der Waals surface area contributed by atoms with E-state index in [2.05, 4.69) is 20.4 Å². The fraction of sp³-hybridized carbons (Fsp3) is 0.750. The van der Waals surface area contributed by atoms with Gasteiger partial charge in [-0.2, -0.15) is 0 Å². The molecular weight excluding hydrogens is 361 g/mol. The number of allylic oxidation sites excluding steroid dienone is 1. The average molecular weight is 390 g/mol. The molecular formula is C20H29O2Y-. The van der Waals surface area contributed by atoms with Crippen molar-refractivity contribution in [3.8, 4) is 0 Å². The first-order valence-corrected chi connectivity index (χ1v) is 8.91. The van der Waals surface area contributed by atoms with Crippen molar-refractivity contribution in [1.82, 2.24) is 0 Å². The topological polar surface area (TPSA) is 26.3 Å². The van der Waals surface area contributed by atoms with Gasteiger partial charge >= 0.3 is 5.97 Å². The minimum absolute atomic E-state index is 0. The molecule has 3 unspecified atom stereocenters. The van der Waals surface area contributed by atoms with Gasteiger partial charge in [-0.25, -0.2) is 4.79 Å². The number of fused-ring (bicyclic) bond motifs is 1. The van der Waals surface area contributed by atoms with E-state index in [0.29, 0.717) is 22.8 Å². The summed E-state index contributed by atoms with van der Waals surface area (Å²) in [6.45, 7) is 14.9. The summed E-state index contributed by atoms with van der Waals surface area (Å²) < 4.78 is 5.37. The number of ether oxygens (including phenoxy) is 1. The molecule has 3 rings (SSSR count). The van der Waals surface area contributed by atoms with Gasteiger partial charge in [-0.15, -0.1) is 0 Å². The Bertz CT molecular complexity index is 482. The summed E-state index contributed by atoms with van der Waals surface area (Å²) in [7, 11) is 0. The standard InChI is InChI=1S/C20H29O2.Y/c1-13-6-5-11-20(4)17(13)9-10-18(20)14(2)7-8-16-12-15(3)19(21)22-16;/h1,14,16-18H,3,5-12H2,2,4H3;/q-1;/t14?,16?,17?,18-,20+;/m1./s1. The van der Waals surface area contributed by atoms with Crippen molar-refractivity contribution < 1.29 is 42.2 Å². The molecule has 23 heavy (non-hydrogen) atoms. The van der Waals surface area contributed by atoms with E-state index in [1.54, 1.807) is 0 Å². The second-order valence-electron chi connectivity index (χ2n) is 8.06. The number of esters is 1. The summed E-state index contributed by atoms with van der Waals surface area (Å²) in [4.78, 5) is 11.4. The molecule has 1 heterocycles. The molecule has 5 atom stereocenters. The van der Waals surface area contributed by atoms with Gasteiger partial charge in [0.2, 0.25) is 0 Å². The molecule has 0 amide bonds. The molecule has 0 spiro atoms. The Kier molecular flexibility index (Phi) is 6.34. The predicted molar refractivity (Wildman–Crippen MR) is 88.0 cm³/mol. The summed E-state index contributed by atoms with van der Waals surface area (Å²) in [6, 6.07) is 0. The Morgan fingerprint density at radius 2 is 2.17 bits per heavy atom. The van der Waals surface area contributed by atoms with Crippen LogP contribution in [0.4, 0.5) is 0 Å². The Morgan fingerprint density at radius 1 is 1.43 bits per heavy atom. The first kappa shape index (κ1) is 19.4. The van der Waals surface area contributed by atoms with Gasteiger partial charge in [0, 0.05) is 44.7 Å². The Hall–Kier alpha value is 0.0539. The van der Waals surface area contributed by atoms with Crippen molar-refractivity contribution >= 4 is 5.97 Å². The van der Waals surface area contributed by atoms with Gasteiger partial charge in [-0.05, 0) is 55.3 Å². The third-order valence-electron chi connectivity index (χ3n) is 6.71. The number of hydrogen-bond acceptors (Lipinski definition) is 2. The van der Waals surface area contributed by atoms with Crippen molar-refractivity contribution in [1.29, 1.82) is 0 Å². The average Bonchev–Trinajstić information content (AvgIpc) is 2.97. The largest absolute Gasteiger partial charge is 0.514 e. The number of hydrogen-bond donors (Lipinski definition) is 0. The fourth-order valence-corrected chi connectivity index (χ4v) is 5.46. The van der Waals surface area contributed by atoms with Crippen LogP contribution >= 0.6 is 0 Å². The normalized spacial score (nSPS) is 38.0. The number of rotatable bonds is 4. The van der Waals surface area contributed by atoms with E-state index < -0.39 is 0 Å². The van der Waals surface area contributed by atoms with Gasteiger partial charge in [0.05, 0.1) is 0 Å². The monoisotopic (exact) mass is 390 g/mol. The molecule has 125 valence electrons. The molecule has 3 fully saturated rings. The minimum atomic E-state index is -0.194. The second kappa shape index (κ2) is 7.52. The van der Waals surface area contributed by atoms with E-state index in [4.69, 9.17) is 11.3 Å². The maximum Gasteiger partial charge on any atom is 0.333 e. The summed E-state index contributed by atoms with van der Waals surface area (Å²) in [5.74, 6) is 1.88. The van der Waals surface area contributed by atoms with Crippen LogP contribution in [-0.2, 0) is 42.2 Å². The van der Waals surface area contributed by atoms with Gasteiger partial charge in [-0.1, -0.05) is 33.3 Å². The van der Waals surface area contributed by atoms with Crippen LogP contribution in [0.15, 0.2) is 17.7 Å². The van der Waals surface area contributed by atoms with Crippen LogP contribution in [0, 0.1) is 29.7 Å². The zero-order valence-corrected chi connectivity index (χ0v) is 17.5. The summed E-state index contributed by atoms with van der Waals surface area (Å²) in [6.07, 6.45) is 9.17. The van der Waals surface area contributed by atoms with Crippen LogP contribution in [0.3, 0.4) is 0 Å². The smallest absolute Gasteiger partial charge is 0.333 e. The van der Waals surface area contributed by atoms with E-state index in [1.807, 2.05) is 0 Å². The van der Waals surface area contributed by atoms with Crippen LogP contribution in [0.2, 0.25) is 0 Å². The van der Waals surface area contributed by atoms with Gasteiger partial charge < -0.3 is 11.3 Å². The van der Waals surface area contributed by atoms with Crippen molar-refractivity contribution in [2.75, 3.05) is 0 Å². The zero-order valence-electron chi connectivity index (χ0n) is 14.6. The van der Waals surface area contributed by atoms with E-state index in [-0.39, 0.29) is 44.8 Å². The molecule has 2 nitrogen and oxygen atoms in total. The van der Waals surface area contributed by atoms with Gasteiger partial charge in [0.15, 0.2) is 0 Å². The van der Waals surface area contributed by atoms with Crippen LogP contribution in [0.25, 0.3) is 0 Å². The fourth-order valence-electron chi connectivity index (χ4n) is 5.46. The maximum absolute atomic E-state index is 11.4. The van der Waals surface area contributed by atoms with Crippen molar-refractivity contribution in [2.24, 2.45) is 23.2 Å². The molecule has 3 heteroatoms. The first-order valence-electron chi connectivity index (χ1n) is 8.91. The Morgan fingerprint density at radius 3 is 2.83 bits per heavy atom. The molecule has 0 bridgehead atoms. The molecule has 0 aromatic heterocycles. The van der Waals surface area contributed by atoms with Crippen LogP contribution in [0.5, 0.6) is 0 Å². The predicted octanol–water partition coefficient (Wildman–Crippen LogP) is 4.85. The summed E-state index contributed by atoms with van der Waals surface area (Å²) in [5.41, 5.74) is 2.29. The molecule has 1 aliphatic heterocycles. The SMILES string of the molecule is [CH-]=C1CCC[C@@]2(C)C1CC[C@@H]2C(C)CCC1CC(=C)C(=O)O1.[Y]. The van der Waals surface area contributed by atoms with Gasteiger partial charge in [0.1, 0.15) is 6.10 Å². The summed E-state index contributed by atoms with van der Waals surface area (Å²) in [5, 5.41) is 0. The first-order chi connectivity index (χ1) is 10.4. The molecule has 0 aromatic rings. The minimum Gasteiger partial charge on any atom is -0.514 e.